The van der Waals surface area contributed by atoms with Crippen molar-refractivity contribution in [3.05, 3.63) is 80.3 Å². The van der Waals surface area contributed by atoms with Gasteiger partial charge in [0, 0.05) is 33.0 Å². The average molecular weight is 577 g/mol. The van der Waals surface area contributed by atoms with Crippen LogP contribution < -0.4 is 0 Å². The number of hydrogen-bond acceptors (Lipinski definition) is 5. The molecule has 0 aromatic heterocycles. The molecule has 4 atom stereocenters. The Bertz CT molecular complexity index is 1320. The highest BCUT2D eigenvalue weighted by Gasteiger charge is 2.53. The third-order valence-electron chi connectivity index (χ3n) is 8.44. The Kier molecular flexibility index (Phi) is 8.08. The maximum absolute atomic E-state index is 13.7. The minimum atomic E-state index is -0.974. The number of Topliss-reactive ketones (excluding diaryl/α,β-unsaturated/α-hetero) is 2. The number of ketones is 2. The van der Waals surface area contributed by atoms with Crippen molar-refractivity contribution in [1.29, 1.82) is 0 Å². The summed E-state index contributed by atoms with van der Waals surface area (Å²) in [6, 6.07) is 12.6. The van der Waals surface area contributed by atoms with Crippen LogP contribution in [-0.2, 0) is 4.65 Å². The molecule has 0 spiro atoms. The molecule has 5 nitrogen and oxygen atoms in total. The number of phenols is 1. The minimum absolute atomic E-state index is 0.0207. The number of carbonyl (C=O) groups is 2. The van der Waals surface area contributed by atoms with Gasteiger partial charge >= 0.3 is 7.12 Å². The van der Waals surface area contributed by atoms with Gasteiger partial charge in [-0.25, -0.2) is 0 Å². The summed E-state index contributed by atoms with van der Waals surface area (Å²) in [6.07, 6.45) is 6.71. The van der Waals surface area contributed by atoms with Gasteiger partial charge in [-0.3, -0.25) is 9.59 Å². The zero-order valence-corrected chi connectivity index (χ0v) is 23.5. The summed E-state index contributed by atoms with van der Waals surface area (Å²) in [7, 11) is -0.974. The number of hydrogen-bond donors (Lipinski definition) is 2. The SMILES string of the molecule is CCC/C(=C\c1cc(Br)ccc1O)CC[C@H]1OB(O)C[C@H]2C1=C(CC)C[C@H]1C(=O)c3ccccc3C(=O)[C@H]12. The highest BCUT2D eigenvalue weighted by Crippen LogP contribution is 2.51. The molecule has 0 amide bonds. The predicted octanol–water partition coefficient (Wildman–Crippen LogP) is 7.04. The highest BCUT2D eigenvalue weighted by molar-refractivity contribution is 9.10. The molecule has 1 fully saturated rings. The largest absolute Gasteiger partial charge is 0.507 e. The zero-order valence-electron chi connectivity index (χ0n) is 22.0. The van der Waals surface area contributed by atoms with Crippen LogP contribution in [0.2, 0.25) is 6.32 Å². The topological polar surface area (TPSA) is 83.8 Å². The molecule has 38 heavy (non-hydrogen) atoms. The lowest BCUT2D eigenvalue weighted by molar-refractivity contribution is 0.0599. The van der Waals surface area contributed by atoms with Gasteiger partial charge in [-0.1, -0.05) is 77.7 Å². The van der Waals surface area contributed by atoms with Gasteiger partial charge in [-0.2, -0.15) is 0 Å². The smallest absolute Gasteiger partial charge is 0.455 e. The Morgan fingerprint density at radius 2 is 1.82 bits per heavy atom. The van der Waals surface area contributed by atoms with E-state index in [0.29, 0.717) is 30.3 Å². The quantitative estimate of drug-likeness (QED) is 0.273. The fraction of sp³-hybridized carbons (Fsp3) is 0.419. The standard InChI is InChI=1S/C31H34BBrO5/c1-3-7-18(14-20-15-21(33)11-12-26(20)34)10-13-27-28-19(4-2)16-24-29(25(28)17-32(37)38-27)31(36)23-9-6-5-8-22(23)30(24)35/h5-6,8-9,11-12,14-15,24-25,27,29,34,37H,3-4,7,10,13,16-17H2,1-2H3/b18-14+/t24-,25+,27-,29-/m1/s1. The first-order valence-corrected chi connectivity index (χ1v) is 14.5. The number of carbonyl (C=O) groups excluding carboxylic acids is 2. The number of aromatic hydroxyl groups is 1. The summed E-state index contributed by atoms with van der Waals surface area (Å²) in [5.41, 5.74) is 5.33. The van der Waals surface area contributed by atoms with Crippen LogP contribution in [0, 0.1) is 17.8 Å². The van der Waals surface area contributed by atoms with Crippen molar-refractivity contribution in [3.8, 4) is 5.75 Å². The number of phenolic OH excluding ortho intramolecular Hbond substituents is 1. The molecule has 1 heterocycles. The lowest BCUT2D eigenvalue weighted by Crippen LogP contribution is -2.50. The number of halogens is 1. The van der Waals surface area contributed by atoms with Crippen molar-refractivity contribution in [3.63, 3.8) is 0 Å². The number of benzene rings is 2. The first-order valence-electron chi connectivity index (χ1n) is 13.7. The van der Waals surface area contributed by atoms with E-state index in [2.05, 4.69) is 29.8 Å². The van der Waals surface area contributed by atoms with Crippen molar-refractivity contribution < 1.29 is 24.4 Å². The van der Waals surface area contributed by atoms with Gasteiger partial charge in [-0.05, 0) is 68.1 Å². The molecule has 1 saturated heterocycles. The molecule has 2 aromatic carbocycles. The van der Waals surface area contributed by atoms with Crippen LogP contribution in [0.3, 0.4) is 0 Å². The summed E-state index contributed by atoms with van der Waals surface area (Å²) in [5.74, 6) is -0.714. The van der Waals surface area contributed by atoms with E-state index in [9.17, 15) is 19.7 Å². The maximum Gasteiger partial charge on any atom is 0.455 e. The fourth-order valence-electron chi connectivity index (χ4n) is 6.78. The van der Waals surface area contributed by atoms with Gasteiger partial charge in [0.1, 0.15) is 5.75 Å². The molecule has 0 saturated carbocycles. The summed E-state index contributed by atoms with van der Waals surface area (Å²) >= 11 is 3.49. The average Bonchev–Trinajstić information content (AvgIpc) is 2.91. The normalized spacial score (nSPS) is 25.3. The predicted molar refractivity (Wildman–Crippen MR) is 153 cm³/mol. The molecular formula is C31H34BBrO5. The summed E-state index contributed by atoms with van der Waals surface area (Å²) in [4.78, 5) is 27.2. The van der Waals surface area contributed by atoms with E-state index >= 15 is 0 Å². The van der Waals surface area contributed by atoms with Crippen molar-refractivity contribution in [2.24, 2.45) is 17.8 Å². The molecule has 2 N–H and O–H groups in total. The van der Waals surface area contributed by atoms with Gasteiger partial charge in [0.15, 0.2) is 11.6 Å². The van der Waals surface area contributed by atoms with Crippen LogP contribution in [0.25, 0.3) is 6.08 Å². The molecule has 1 aliphatic heterocycles. The van der Waals surface area contributed by atoms with Crippen LogP contribution in [0.5, 0.6) is 5.75 Å². The van der Waals surface area contributed by atoms with E-state index < -0.39 is 13.0 Å². The Morgan fingerprint density at radius 3 is 2.53 bits per heavy atom. The molecule has 2 aliphatic carbocycles. The van der Waals surface area contributed by atoms with E-state index in [1.165, 1.54) is 11.1 Å². The first-order chi connectivity index (χ1) is 18.3. The second-order valence-electron chi connectivity index (χ2n) is 10.7. The van der Waals surface area contributed by atoms with E-state index in [4.69, 9.17) is 4.65 Å². The third kappa shape index (κ3) is 5.08. The van der Waals surface area contributed by atoms with E-state index in [-0.39, 0.29) is 35.3 Å². The van der Waals surface area contributed by atoms with Gasteiger partial charge in [0.25, 0.3) is 0 Å². The number of fused-ring (bicyclic) bond motifs is 4. The molecule has 7 heteroatoms. The van der Waals surface area contributed by atoms with Gasteiger partial charge in [0.05, 0.1) is 6.10 Å². The monoisotopic (exact) mass is 576 g/mol. The molecule has 0 radical (unpaired) electrons. The summed E-state index contributed by atoms with van der Waals surface area (Å²) in [6.45, 7) is 4.23. The van der Waals surface area contributed by atoms with Crippen molar-refractivity contribution >= 4 is 40.7 Å². The van der Waals surface area contributed by atoms with E-state index in [1.807, 2.05) is 30.3 Å². The summed E-state index contributed by atoms with van der Waals surface area (Å²) < 4.78 is 7.04. The second-order valence-corrected chi connectivity index (χ2v) is 11.7. The van der Waals surface area contributed by atoms with Gasteiger partial charge in [0.2, 0.25) is 0 Å². The van der Waals surface area contributed by atoms with Crippen LogP contribution in [0.1, 0.15) is 78.7 Å². The van der Waals surface area contributed by atoms with E-state index in [1.54, 1.807) is 18.2 Å². The molecular weight excluding hydrogens is 543 g/mol. The maximum atomic E-state index is 13.7. The number of rotatable bonds is 7. The van der Waals surface area contributed by atoms with Gasteiger partial charge in [-0.15, -0.1) is 0 Å². The second kappa shape index (κ2) is 11.3. The Morgan fingerprint density at radius 1 is 1.08 bits per heavy atom. The van der Waals surface area contributed by atoms with Crippen molar-refractivity contribution in [1.82, 2.24) is 0 Å². The lowest BCUT2D eigenvalue weighted by atomic mass is 9.54. The Balaban J connectivity index is 1.46. The van der Waals surface area contributed by atoms with Gasteiger partial charge < -0.3 is 14.8 Å². The van der Waals surface area contributed by atoms with Crippen LogP contribution in [0.15, 0.2) is 63.7 Å². The third-order valence-corrected chi connectivity index (χ3v) is 8.93. The van der Waals surface area contributed by atoms with Crippen LogP contribution in [-0.4, -0.2) is 34.9 Å². The fourth-order valence-corrected chi connectivity index (χ4v) is 7.15. The number of allylic oxidation sites excluding steroid dienone is 2. The zero-order chi connectivity index (χ0) is 27.0. The molecule has 198 valence electrons. The minimum Gasteiger partial charge on any atom is -0.507 e. The molecule has 0 unspecified atom stereocenters. The van der Waals surface area contributed by atoms with Crippen LogP contribution in [0.4, 0.5) is 0 Å². The summed E-state index contributed by atoms with van der Waals surface area (Å²) in [5, 5.41) is 21.2. The van der Waals surface area contributed by atoms with Crippen molar-refractivity contribution in [2.45, 2.75) is 64.8 Å². The van der Waals surface area contributed by atoms with Crippen LogP contribution >= 0.6 is 15.9 Å². The molecule has 2 aromatic rings. The highest BCUT2D eigenvalue weighted by atomic mass is 79.9. The van der Waals surface area contributed by atoms with E-state index in [0.717, 1.165) is 41.3 Å². The molecule has 3 aliphatic rings. The van der Waals surface area contributed by atoms with Crippen molar-refractivity contribution in [2.75, 3.05) is 0 Å². The lowest BCUT2D eigenvalue weighted by Gasteiger charge is -2.47. The first kappa shape index (κ1) is 27.1. The Hall–Kier alpha value is -2.48. The molecule has 0 bridgehead atoms. The molecule has 5 rings (SSSR count). The Labute approximate surface area is 233 Å².